The first-order valence-corrected chi connectivity index (χ1v) is 7.44. The van der Waals surface area contributed by atoms with Gasteiger partial charge in [0.25, 0.3) is 0 Å². The van der Waals surface area contributed by atoms with Crippen molar-refractivity contribution >= 4 is 29.2 Å². The first kappa shape index (κ1) is 14.1. The lowest BCUT2D eigenvalue weighted by molar-refractivity contribution is 0.628. The second-order valence-corrected chi connectivity index (χ2v) is 5.55. The molecule has 108 valence electrons. The van der Waals surface area contributed by atoms with Crippen LogP contribution in [0.5, 0.6) is 0 Å². The van der Waals surface area contributed by atoms with Gasteiger partial charge in [-0.25, -0.2) is 4.39 Å². The number of hydrogen-bond donors (Lipinski definition) is 0. The molecule has 1 heterocycles. The van der Waals surface area contributed by atoms with Gasteiger partial charge in [-0.05, 0) is 48.7 Å². The molecule has 0 radical (unpaired) electrons. The van der Waals surface area contributed by atoms with Crippen molar-refractivity contribution in [2.75, 3.05) is 18.0 Å². The number of halogens is 2. The molecule has 1 fully saturated rings. The SMILES string of the molecule is Fc1ccc(N=Cc2ccc(N3CCCC3)cc2)cc1Cl. The van der Waals surface area contributed by atoms with Crippen LogP contribution in [0.15, 0.2) is 47.5 Å². The van der Waals surface area contributed by atoms with Crippen LogP contribution in [0.2, 0.25) is 5.02 Å². The van der Waals surface area contributed by atoms with Gasteiger partial charge in [-0.2, -0.15) is 0 Å². The van der Waals surface area contributed by atoms with E-state index in [0.29, 0.717) is 5.69 Å². The lowest BCUT2D eigenvalue weighted by atomic mass is 10.2. The molecule has 0 aliphatic carbocycles. The highest BCUT2D eigenvalue weighted by Gasteiger charge is 2.11. The van der Waals surface area contributed by atoms with Crippen molar-refractivity contribution in [2.45, 2.75) is 12.8 Å². The Morgan fingerprint density at radius 2 is 1.76 bits per heavy atom. The first-order valence-electron chi connectivity index (χ1n) is 7.06. The summed E-state index contributed by atoms with van der Waals surface area (Å²) in [5.74, 6) is -0.425. The topological polar surface area (TPSA) is 15.6 Å². The van der Waals surface area contributed by atoms with E-state index in [9.17, 15) is 4.39 Å². The Morgan fingerprint density at radius 3 is 2.43 bits per heavy atom. The van der Waals surface area contributed by atoms with Gasteiger partial charge in [0, 0.05) is 25.0 Å². The van der Waals surface area contributed by atoms with Gasteiger partial charge in [0.15, 0.2) is 0 Å². The molecule has 0 bridgehead atoms. The number of nitrogens with zero attached hydrogens (tertiary/aromatic N) is 2. The maximum atomic E-state index is 13.1. The highest BCUT2D eigenvalue weighted by molar-refractivity contribution is 6.31. The van der Waals surface area contributed by atoms with Gasteiger partial charge in [0.1, 0.15) is 5.82 Å². The second-order valence-electron chi connectivity index (χ2n) is 5.14. The summed E-state index contributed by atoms with van der Waals surface area (Å²) in [5.41, 5.74) is 2.91. The van der Waals surface area contributed by atoms with Crippen molar-refractivity contribution in [3.8, 4) is 0 Å². The van der Waals surface area contributed by atoms with Crippen molar-refractivity contribution in [1.29, 1.82) is 0 Å². The number of hydrogen-bond acceptors (Lipinski definition) is 2. The van der Waals surface area contributed by atoms with Crippen molar-refractivity contribution in [3.05, 3.63) is 58.9 Å². The third-order valence-electron chi connectivity index (χ3n) is 3.63. The normalized spacial score (nSPS) is 15.0. The molecular weight excluding hydrogens is 287 g/mol. The predicted molar refractivity (Wildman–Crippen MR) is 86.6 cm³/mol. The Hall–Kier alpha value is -1.87. The Kier molecular flexibility index (Phi) is 4.20. The van der Waals surface area contributed by atoms with Gasteiger partial charge < -0.3 is 4.90 Å². The van der Waals surface area contributed by atoms with E-state index in [0.717, 1.165) is 18.7 Å². The predicted octanol–water partition coefficient (Wildman–Crippen LogP) is 4.83. The Balaban J connectivity index is 1.72. The largest absolute Gasteiger partial charge is 0.372 e. The zero-order chi connectivity index (χ0) is 14.7. The maximum absolute atomic E-state index is 13.1. The summed E-state index contributed by atoms with van der Waals surface area (Å²) >= 11 is 5.73. The summed E-state index contributed by atoms with van der Waals surface area (Å²) in [4.78, 5) is 6.71. The molecule has 0 amide bonds. The lowest BCUT2D eigenvalue weighted by Crippen LogP contribution is -2.17. The van der Waals surface area contributed by atoms with Gasteiger partial charge in [0.05, 0.1) is 10.7 Å². The standard InChI is InChI=1S/C17H16ClFN2/c18-16-11-14(5-8-17(16)19)20-12-13-3-6-15(7-4-13)21-9-1-2-10-21/h3-8,11-12H,1-2,9-10H2. The fourth-order valence-corrected chi connectivity index (χ4v) is 2.64. The van der Waals surface area contributed by atoms with Crippen molar-refractivity contribution in [2.24, 2.45) is 4.99 Å². The lowest BCUT2D eigenvalue weighted by Gasteiger charge is -2.17. The Morgan fingerprint density at radius 1 is 1.05 bits per heavy atom. The molecule has 2 aromatic carbocycles. The van der Waals surface area contributed by atoms with Crippen LogP contribution >= 0.6 is 11.6 Å². The van der Waals surface area contributed by atoms with Gasteiger partial charge in [-0.15, -0.1) is 0 Å². The van der Waals surface area contributed by atoms with Crippen LogP contribution in [0, 0.1) is 5.82 Å². The van der Waals surface area contributed by atoms with Crippen LogP contribution < -0.4 is 4.90 Å². The van der Waals surface area contributed by atoms with Crippen molar-refractivity contribution in [1.82, 2.24) is 0 Å². The van der Waals surface area contributed by atoms with E-state index in [1.807, 2.05) is 12.1 Å². The minimum atomic E-state index is -0.425. The molecule has 3 rings (SSSR count). The molecule has 1 saturated heterocycles. The van der Waals surface area contributed by atoms with Crippen LogP contribution in [0.4, 0.5) is 15.8 Å². The van der Waals surface area contributed by atoms with Crippen molar-refractivity contribution < 1.29 is 4.39 Å². The third kappa shape index (κ3) is 3.42. The van der Waals surface area contributed by atoms with Crippen LogP contribution in [0.1, 0.15) is 18.4 Å². The minimum absolute atomic E-state index is 0.0917. The molecule has 0 atom stereocenters. The molecule has 1 aliphatic rings. The number of benzene rings is 2. The fourth-order valence-electron chi connectivity index (χ4n) is 2.46. The van der Waals surface area contributed by atoms with E-state index < -0.39 is 5.82 Å². The van der Waals surface area contributed by atoms with Gasteiger partial charge in [-0.3, -0.25) is 4.99 Å². The summed E-state index contributed by atoms with van der Waals surface area (Å²) in [7, 11) is 0. The summed E-state index contributed by atoms with van der Waals surface area (Å²) in [6, 6.07) is 12.8. The average Bonchev–Trinajstić information content (AvgIpc) is 3.03. The number of anilines is 1. The van der Waals surface area contributed by atoms with E-state index in [1.165, 1.54) is 30.7 Å². The van der Waals surface area contributed by atoms with Crippen LogP contribution in [-0.2, 0) is 0 Å². The summed E-state index contributed by atoms with van der Waals surface area (Å²) in [5, 5.41) is 0.0917. The third-order valence-corrected chi connectivity index (χ3v) is 3.92. The molecule has 0 unspecified atom stereocenters. The van der Waals surface area contributed by atoms with E-state index in [1.54, 1.807) is 12.3 Å². The molecule has 0 N–H and O–H groups in total. The average molecular weight is 303 g/mol. The smallest absolute Gasteiger partial charge is 0.141 e. The van der Waals surface area contributed by atoms with Crippen LogP contribution in [0.3, 0.4) is 0 Å². The fraction of sp³-hybridized carbons (Fsp3) is 0.235. The van der Waals surface area contributed by atoms with E-state index in [2.05, 4.69) is 22.0 Å². The van der Waals surface area contributed by atoms with E-state index in [4.69, 9.17) is 11.6 Å². The van der Waals surface area contributed by atoms with E-state index in [-0.39, 0.29) is 5.02 Å². The minimum Gasteiger partial charge on any atom is -0.372 e. The molecule has 2 nitrogen and oxygen atoms in total. The highest BCUT2D eigenvalue weighted by Crippen LogP contribution is 2.22. The van der Waals surface area contributed by atoms with E-state index >= 15 is 0 Å². The second kappa shape index (κ2) is 6.27. The summed E-state index contributed by atoms with van der Waals surface area (Å²) in [6.45, 7) is 2.28. The quantitative estimate of drug-likeness (QED) is 0.741. The summed E-state index contributed by atoms with van der Waals surface area (Å²) < 4.78 is 13.1. The van der Waals surface area contributed by atoms with Crippen molar-refractivity contribution in [3.63, 3.8) is 0 Å². The number of rotatable bonds is 3. The Labute approximate surface area is 128 Å². The molecular formula is C17H16ClFN2. The molecule has 0 saturated carbocycles. The zero-order valence-corrected chi connectivity index (χ0v) is 12.4. The zero-order valence-electron chi connectivity index (χ0n) is 11.6. The number of aliphatic imine (C=N–C) groups is 1. The van der Waals surface area contributed by atoms with Crippen LogP contribution in [0.25, 0.3) is 0 Å². The van der Waals surface area contributed by atoms with Crippen LogP contribution in [-0.4, -0.2) is 19.3 Å². The molecule has 1 aliphatic heterocycles. The van der Waals surface area contributed by atoms with Gasteiger partial charge >= 0.3 is 0 Å². The first-order chi connectivity index (χ1) is 10.2. The summed E-state index contributed by atoms with van der Waals surface area (Å²) in [6.07, 6.45) is 4.31. The molecule has 2 aromatic rings. The molecule has 0 aromatic heterocycles. The Bertz CT molecular complexity index is 646. The van der Waals surface area contributed by atoms with Gasteiger partial charge in [-0.1, -0.05) is 23.7 Å². The monoisotopic (exact) mass is 302 g/mol. The van der Waals surface area contributed by atoms with Gasteiger partial charge in [0.2, 0.25) is 0 Å². The molecule has 4 heteroatoms. The highest BCUT2D eigenvalue weighted by atomic mass is 35.5. The molecule has 0 spiro atoms. The molecule has 21 heavy (non-hydrogen) atoms. The maximum Gasteiger partial charge on any atom is 0.141 e.